The van der Waals surface area contributed by atoms with Crippen LogP contribution in [0.1, 0.15) is 43.0 Å². The third-order valence-corrected chi connectivity index (χ3v) is 7.04. The zero-order chi connectivity index (χ0) is 26.1. The summed E-state index contributed by atoms with van der Waals surface area (Å²) in [6.45, 7) is 8.16. The van der Waals surface area contributed by atoms with Gasteiger partial charge in [-0.15, -0.1) is 11.8 Å². The average Bonchev–Trinajstić information content (AvgIpc) is 2.83. The van der Waals surface area contributed by atoms with Gasteiger partial charge in [-0.1, -0.05) is 90.0 Å². The quantitative estimate of drug-likeness (QED) is 0.333. The van der Waals surface area contributed by atoms with E-state index in [1.807, 2.05) is 75.4 Å². The monoisotopic (exact) mass is 522 g/mol. The maximum atomic E-state index is 13.7. The number of nitrogens with zero attached hydrogens (tertiary/aromatic N) is 1. The van der Waals surface area contributed by atoms with E-state index in [1.54, 1.807) is 16.7 Å². The first-order valence-corrected chi connectivity index (χ1v) is 13.7. The normalized spacial score (nSPS) is 12.1. The fourth-order valence-corrected chi connectivity index (χ4v) is 4.91. The fraction of sp³-hybridized carbons (Fsp3) is 0.333. The lowest BCUT2D eigenvalue weighted by Crippen LogP contribution is -2.54. The summed E-state index contributed by atoms with van der Waals surface area (Å²) in [7, 11) is 0. The zero-order valence-electron chi connectivity index (χ0n) is 21.5. The molecule has 0 radical (unpaired) electrons. The number of aryl methyl sites for hydroxylation is 1. The predicted molar refractivity (Wildman–Crippen MR) is 151 cm³/mol. The zero-order valence-corrected chi connectivity index (χ0v) is 23.0. The molecule has 0 spiro atoms. The van der Waals surface area contributed by atoms with Crippen molar-refractivity contribution in [2.75, 3.05) is 5.75 Å². The molecule has 1 N–H and O–H groups in total. The third kappa shape index (κ3) is 8.72. The topological polar surface area (TPSA) is 49.4 Å². The van der Waals surface area contributed by atoms with E-state index < -0.39 is 11.6 Å². The highest BCUT2D eigenvalue weighted by molar-refractivity contribution is 7.99. The third-order valence-electron chi connectivity index (χ3n) is 5.68. The molecule has 36 heavy (non-hydrogen) atoms. The number of carbonyl (C=O) groups excluding carboxylic acids is 2. The molecule has 0 aliphatic rings. The second-order valence-corrected chi connectivity index (χ2v) is 11.4. The molecule has 4 nitrogen and oxygen atoms in total. The molecule has 0 saturated heterocycles. The number of halogens is 1. The molecule has 0 saturated carbocycles. The van der Waals surface area contributed by atoms with Gasteiger partial charge in [-0.2, -0.15) is 0 Å². The number of hydrogen-bond acceptors (Lipinski definition) is 3. The molecule has 1 atom stereocenters. The van der Waals surface area contributed by atoms with Crippen molar-refractivity contribution in [2.24, 2.45) is 0 Å². The SMILES string of the molecule is Cc1ccc(CSCC(=O)N(Cc2ccccc2Cl)[C@@H](Cc2ccccc2)C(=O)NC(C)(C)C)cc1. The van der Waals surface area contributed by atoms with E-state index in [-0.39, 0.29) is 24.1 Å². The molecule has 0 unspecified atom stereocenters. The van der Waals surface area contributed by atoms with Crippen molar-refractivity contribution in [1.82, 2.24) is 10.2 Å². The summed E-state index contributed by atoms with van der Waals surface area (Å²) in [4.78, 5) is 28.9. The van der Waals surface area contributed by atoms with Crippen LogP contribution in [-0.4, -0.2) is 34.0 Å². The highest BCUT2D eigenvalue weighted by Crippen LogP contribution is 2.22. The average molecular weight is 523 g/mol. The number of benzene rings is 3. The molecule has 3 aromatic rings. The van der Waals surface area contributed by atoms with Gasteiger partial charge in [-0.25, -0.2) is 0 Å². The van der Waals surface area contributed by atoms with E-state index in [1.165, 1.54) is 11.1 Å². The Kier molecular flexibility index (Phi) is 10.0. The van der Waals surface area contributed by atoms with E-state index in [9.17, 15) is 9.59 Å². The largest absolute Gasteiger partial charge is 0.350 e. The van der Waals surface area contributed by atoms with Crippen LogP contribution in [0.4, 0.5) is 0 Å². The van der Waals surface area contributed by atoms with Crippen molar-refractivity contribution in [3.8, 4) is 0 Å². The molecule has 6 heteroatoms. The van der Waals surface area contributed by atoms with Gasteiger partial charge in [0.2, 0.25) is 11.8 Å². The first kappa shape index (κ1) is 27.8. The minimum atomic E-state index is -0.671. The molecule has 0 fully saturated rings. The van der Waals surface area contributed by atoms with Gasteiger partial charge in [0.15, 0.2) is 0 Å². The molecule has 0 aromatic heterocycles. The lowest BCUT2D eigenvalue weighted by Gasteiger charge is -2.34. The molecule has 0 aliphatic carbocycles. The van der Waals surface area contributed by atoms with Gasteiger partial charge in [0, 0.05) is 29.3 Å². The molecule has 0 aliphatic heterocycles. The van der Waals surface area contributed by atoms with Crippen molar-refractivity contribution in [2.45, 2.75) is 58.0 Å². The van der Waals surface area contributed by atoms with Crippen LogP contribution in [-0.2, 0) is 28.3 Å². The summed E-state index contributed by atoms with van der Waals surface area (Å²) < 4.78 is 0. The van der Waals surface area contributed by atoms with E-state index >= 15 is 0 Å². The van der Waals surface area contributed by atoms with Gasteiger partial charge in [-0.3, -0.25) is 9.59 Å². The van der Waals surface area contributed by atoms with Crippen LogP contribution in [0, 0.1) is 6.92 Å². The lowest BCUT2D eigenvalue weighted by molar-refractivity contribution is -0.140. The second-order valence-electron chi connectivity index (χ2n) is 10.0. The summed E-state index contributed by atoms with van der Waals surface area (Å²) in [5.41, 5.74) is 3.76. The molecular formula is C30H35ClN2O2S. The Morgan fingerprint density at radius 1 is 0.917 bits per heavy atom. The minimum Gasteiger partial charge on any atom is -0.350 e. The van der Waals surface area contributed by atoms with Crippen LogP contribution >= 0.6 is 23.4 Å². The van der Waals surface area contributed by atoms with Crippen LogP contribution < -0.4 is 5.32 Å². The number of carbonyl (C=O) groups is 2. The number of hydrogen-bond donors (Lipinski definition) is 1. The van der Waals surface area contributed by atoms with Crippen LogP contribution in [0.2, 0.25) is 5.02 Å². The van der Waals surface area contributed by atoms with Crippen LogP contribution in [0.25, 0.3) is 0 Å². The molecule has 190 valence electrons. The first-order valence-electron chi connectivity index (χ1n) is 12.1. The fourth-order valence-electron chi connectivity index (χ4n) is 3.84. The summed E-state index contributed by atoms with van der Waals surface area (Å²) in [5, 5.41) is 3.67. The second kappa shape index (κ2) is 13.0. The van der Waals surface area contributed by atoms with Gasteiger partial charge in [-0.05, 0) is 50.5 Å². The van der Waals surface area contributed by atoms with Crippen molar-refractivity contribution in [3.05, 3.63) is 106 Å². The summed E-state index contributed by atoms with van der Waals surface area (Å²) in [6, 6.07) is 25.0. The standard InChI is InChI=1S/C30H35ClN2O2S/c1-22-14-16-24(17-15-22)20-36-21-28(34)33(19-25-12-8-9-13-26(25)31)27(29(35)32-30(2,3)4)18-23-10-6-5-7-11-23/h5-17,27H,18-21H2,1-4H3,(H,32,35)/t27-/m0/s1. The van der Waals surface area contributed by atoms with E-state index in [2.05, 4.69) is 36.5 Å². The minimum absolute atomic E-state index is 0.0861. The maximum absolute atomic E-state index is 13.7. The molecule has 3 rings (SSSR count). The molecule has 0 bridgehead atoms. The van der Waals surface area contributed by atoms with Gasteiger partial charge in [0.25, 0.3) is 0 Å². The highest BCUT2D eigenvalue weighted by atomic mass is 35.5. The molecule has 0 heterocycles. The van der Waals surface area contributed by atoms with Crippen LogP contribution in [0.15, 0.2) is 78.9 Å². The summed E-state index contributed by atoms with van der Waals surface area (Å²) >= 11 is 8.03. The number of amides is 2. The molecule has 2 amide bonds. The van der Waals surface area contributed by atoms with Crippen LogP contribution in [0.3, 0.4) is 0 Å². The Morgan fingerprint density at radius 2 is 1.56 bits per heavy atom. The number of nitrogens with one attached hydrogen (secondary N) is 1. The Bertz CT molecular complexity index is 1140. The Hall–Kier alpha value is -2.76. The number of thioether (sulfide) groups is 1. The summed E-state index contributed by atoms with van der Waals surface area (Å²) in [5.74, 6) is 0.739. The Morgan fingerprint density at radius 3 is 2.19 bits per heavy atom. The predicted octanol–water partition coefficient (Wildman–Crippen LogP) is 6.44. The molecule has 3 aromatic carbocycles. The van der Waals surface area contributed by atoms with Crippen molar-refractivity contribution < 1.29 is 9.59 Å². The van der Waals surface area contributed by atoms with Gasteiger partial charge >= 0.3 is 0 Å². The van der Waals surface area contributed by atoms with Gasteiger partial charge in [0.05, 0.1) is 5.75 Å². The molecular weight excluding hydrogens is 488 g/mol. The Balaban J connectivity index is 1.87. The lowest BCUT2D eigenvalue weighted by atomic mass is 10.0. The van der Waals surface area contributed by atoms with E-state index in [0.29, 0.717) is 11.4 Å². The van der Waals surface area contributed by atoms with Crippen molar-refractivity contribution >= 4 is 35.2 Å². The van der Waals surface area contributed by atoms with Crippen LogP contribution in [0.5, 0.6) is 0 Å². The van der Waals surface area contributed by atoms with Crippen molar-refractivity contribution in [3.63, 3.8) is 0 Å². The number of rotatable bonds is 10. The van der Waals surface area contributed by atoms with Gasteiger partial charge in [0.1, 0.15) is 6.04 Å². The highest BCUT2D eigenvalue weighted by Gasteiger charge is 2.32. The summed E-state index contributed by atoms with van der Waals surface area (Å²) in [6.07, 6.45) is 0.418. The van der Waals surface area contributed by atoms with E-state index in [4.69, 9.17) is 11.6 Å². The first-order chi connectivity index (χ1) is 17.1. The van der Waals surface area contributed by atoms with E-state index in [0.717, 1.165) is 16.9 Å². The smallest absolute Gasteiger partial charge is 0.243 e. The maximum Gasteiger partial charge on any atom is 0.243 e. The van der Waals surface area contributed by atoms with Crippen molar-refractivity contribution in [1.29, 1.82) is 0 Å². The van der Waals surface area contributed by atoms with Gasteiger partial charge < -0.3 is 10.2 Å². The Labute approximate surface area is 224 Å².